The molecule has 1 saturated carbocycles. The van der Waals surface area contributed by atoms with Crippen LogP contribution >= 0.6 is 18.7 Å². The van der Waals surface area contributed by atoms with E-state index < -0.39 is 13.3 Å². The van der Waals surface area contributed by atoms with Crippen LogP contribution < -0.4 is 4.90 Å². The van der Waals surface area contributed by atoms with Gasteiger partial charge in [-0.1, -0.05) is 32.6 Å². The lowest BCUT2D eigenvalue weighted by molar-refractivity contribution is -0.123. The monoisotopic (exact) mass is 495 g/mol. The molecule has 0 bridgehead atoms. The van der Waals surface area contributed by atoms with Crippen LogP contribution in [0.5, 0.6) is 0 Å². The summed E-state index contributed by atoms with van der Waals surface area (Å²) in [5.74, 6) is 5.50. The highest BCUT2D eigenvalue weighted by Crippen LogP contribution is 2.45. The van der Waals surface area contributed by atoms with Crippen LogP contribution in [0.25, 0.3) is 0 Å². The van der Waals surface area contributed by atoms with Crippen molar-refractivity contribution >= 4 is 36.3 Å². The van der Waals surface area contributed by atoms with Crippen molar-refractivity contribution in [1.82, 2.24) is 0 Å². The molecule has 0 atom stereocenters. The van der Waals surface area contributed by atoms with Crippen molar-refractivity contribution in [3.8, 4) is 11.8 Å². The molecular formula is C25H38NO5PS. The average Bonchev–Trinajstić information content (AvgIpc) is 3.19. The van der Waals surface area contributed by atoms with Crippen LogP contribution in [-0.2, 0) is 13.9 Å². The molecule has 8 heteroatoms. The van der Waals surface area contributed by atoms with Crippen molar-refractivity contribution in [3.05, 3.63) is 15.8 Å². The topological polar surface area (TPSA) is 83.9 Å². The Morgan fingerprint density at radius 2 is 1.82 bits per heavy atom. The number of carbonyl (C=O) groups is 2. The minimum atomic E-state index is -2.73. The van der Waals surface area contributed by atoms with Gasteiger partial charge in [0, 0.05) is 30.2 Å². The number of anilines is 1. The van der Waals surface area contributed by atoms with Gasteiger partial charge in [0.2, 0.25) is 13.3 Å². The third kappa shape index (κ3) is 7.98. The Kier molecular flexibility index (Phi) is 9.79. The molecule has 1 fully saturated rings. The molecule has 0 radical (unpaired) electrons. The Morgan fingerprint density at radius 3 is 2.33 bits per heavy atom. The molecule has 0 spiro atoms. The molecule has 1 aromatic heterocycles. The largest absolute Gasteiger partial charge is 0.477 e. The summed E-state index contributed by atoms with van der Waals surface area (Å²) < 4.78 is 18.4. The SMILES string of the molecule is CCP(=O)(CC)OCCN(C(=O)C1CCC(C)CC1)c1cc(C#CC(C)(C)C)sc1C(=O)O. The minimum absolute atomic E-state index is 0.0797. The fourth-order valence-electron chi connectivity index (χ4n) is 3.83. The average molecular weight is 496 g/mol. The Morgan fingerprint density at radius 1 is 1.21 bits per heavy atom. The van der Waals surface area contributed by atoms with Crippen LogP contribution in [0.3, 0.4) is 0 Å². The summed E-state index contributed by atoms with van der Waals surface area (Å²) in [6, 6.07) is 1.70. The molecule has 33 heavy (non-hydrogen) atoms. The van der Waals surface area contributed by atoms with E-state index in [0.717, 1.165) is 37.0 Å². The number of carbonyl (C=O) groups excluding carboxylic acids is 1. The number of nitrogens with zero attached hydrogens (tertiary/aromatic N) is 1. The van der Waals surface area contributed by atoms with Gasteiger partial charge < -0.3 is 14.5 Å². The fraction of sp³-hybridized carbons (Fsp3) is 0.680. The Balaban J connectivity index is 2.39. The predicted molar refractivity (Wildman–Crippen MR) is 136 cm³/mol. The Labute approximate surface area is 202 Å². The fourth-order valence-corrected chi connectivity index (χ4v) is 5.91. The van der Waals surface area contributed by atoms with Crippen molar-refractivity contribution in [2.45, 2.75) is 67.2 Å². The molecule has 1 aliphatic rings. The normalized spacial score (nSPS) is 19.0. The highest BCUT2D eigenvalue weighted by molar-refractivity contribution is 7.58. The van der Waals surface area contributed by atoms with E-state index in [0.29, 0.717) is 28.8 Å². The van der Waals surface area contributed by atoms with E-state index in [1.807, 2.05) is 34.6 Å². The van der Waals surface area contributed by atoms with Gasteiger partial charge in [-0.15, -0.1) is 11.3 Å². The van der Waals surface area contributed by atoms with Gasteiger partial charge in [-0.05, 0) is 58.4 Å². The Hall–Kier alpha value is -1.61. The maximum absolute atomic E-state index is 13.6. The lowest BCUT2D eigenvalue weighted by Crippen LogP contribution is -2.40. The Bertz CT molecular complexity index is 936. The molecule has 0 saturated heterocycles. The maximum atomic E-state index is 13.6. The number of carboxylic acids is 1. The molecule has 1 N–H and O–H groups in total. The molecule has 1 amide bonds. The zero-order chi connectivity index (χ0) is 24.8. The lowest BCUT2D eigenvalue weighted by Gasteiger charge is -2.31. The second-order valence-corrected chi connectivity index (χ2v) is 14.1. The highest BCUT2D eigenvalue weighted by atomic mass is 32.1. The van der Waals surface area contributed by atoms with E-state index in [1.165, 1.54) is 0 Å². The van der Waals surface area contributed by atoms with Crippen LogP contribution in [0.4, 0.5) is 5.69 Å². The first-order chi connectivity index (χ1) is 15.4. The summed E-state index contributed by atoms with van der Waals surface area (Å²) in [4.78, 5) is 27.9. The molecule has 1 aromatic rings. The first-order valence-corrected chi connectivity index (χ1v) is 14.6. The summed E-state index contributed by atoms with van der Waals surface area (Å²) in [7, 11) is -2.73. The van der Waals surface area contributed by atoms with E-state index in [4.69, 9.17) is 4.52 Å². The van der Waals surface area contributed by atoms with Crippen molar-refractivity contribution in [1.29, 1.82) is 0 Å². The smallest absolute Gasteiger partial charge is 0.348 e. The number of amides is 1. The van der Waals surface area contributed by atoms with Gasteiger partial charge in [0.05, 0.1) is 17.2 Å². The van der Waals surface area contributed by atoms with Gasteiger partial charge in [0.1, 0.15) is 4.88 Å². The van der Waals surface area contributed by atoms with E-state index in [2.05, 4.69) is 18.8 Å². The van der Waals surface area contributed by atoms with Crippen LogP contribution in [-0.4, -0.2) is 42.5 Å². The van der Waals surface area contributed by atoms with Crippen molar-refractivity contribution < 1.29 is 23.8 Å². The summed E-state index contributed by atoms with van der Waals surface area (Å²) in [5.41, 5.74) is 0.137. The molecule has 1 heterocycles. The standard InChI is InChI=1S/C25H38NO5PS/c1-7-32(30,8-2)31-16-15-26(23(27)19-11-9-18(3)10-12-19)21-17-20(13-14-25(4,5)6)33-22(21)24(28)29/h17-19H,7-12,15-16H2,1-6H3,(H,28,29). The van der Waals surface area contributed by atoms with Crippen LogP contribution in [0, 0.1) is 29.1 Å². The quantitative estimate of drug-likeness (QED) is 0.319. The molecular weight excluding hydrogens is 457 g/mol. The summed E-state index contributed by atoms with van der Waals surface area (Å²) in [5, 5.41) is 9.86. The van der Waals surface area contributed by atoms with Gasteiger partial charge in [0.15, 0.2) is 0 Å². The second-order valence-electron chi connectivity index (χ2n) is 9.86. The van der Waals surface area contributed by atoms with Gasteiger partial charge in [-0.2, -0.15) is 0 Å². The van der Waals surface area contributed by atoms with E-state index in [1.54, 1.807) is 11.0 Å². The molecule has 0 unspecified atom stereocenters. The molecule has 0 aromatic carbocycles. The van der Waals surface area contributed by atoms with Gasteiger partial charge in [0.25, 0.3) is 0 Å². The maximum Gasteiger partial charge on any atom is 0.348 e. The highest BCUT2D eigenvalue weighted by Gasteiger charge is 2.32. The van der Waals surface area contributed by atoms with Gasteiger partial charge in [-0.3, -0.25) is 9.36 Å². The van der Waals surface area contributed by atoms with Crippen molar-refractivity contribution in [2.75, 3.05) is 30.4 Å². The number of thiophene rings is 1. The molecule has 184 valence electrons. The third-order valence-corrected chi connectivity index (χ3v) is 9.60. The van der Waals surface area contributed by atoms with Gasteiger partial charge >= 0.3 is 5.97 Å². The summed E-state index contributed by atoms with van der Waals surface area (Å²) in [6.07, 6.45) is 4.43. The molecule has 2 rings (SSSR count). The first kappa shape index (κ1) is 27.6. The van der Waals surface area contributed by atoms with Crippen LogP contribution in [0.2, 0.25) is 0 Å². The van der Waals surface area contributed by atoms with Crippen molar-refractivity contribution in [2.24, 2.45) is 17.3 Å². The van der Waals surface area contributed by atoms with Crippen LogP contribution in [0.15, 0.2) is 6.07 Å². The zero-order valence-corrected chi connectivity index (χ0v) is 22.5. The van der Waals surface area contributed by atoms with E-state index in [9.17, 15) is 19.3 Å². The number of hydrogen-bond acceptors (Lipinski definition) is 5. The number of aromatic carboxylic acids is 1. The number of rotatable bonds is 9. The second kappa shape index (κ2) is 11.7. The van der Waals surface area contributed by atoms with E-state index in [-0.39, 0.29) is 35.3 Å². The number of hydrogen-bond donors (Lipinski definition) is 1. The minimum Gasteiger partial charge on any atom is -0.477 e. The zero-order valence-electron chi connectivity index (χ0n) is 20.8. The van der Waals surface area contributed by atoms with Gasteiger partial charge in [-0.25, -0.2) is 4.79 Å². The molecule has 0 aliphatic heterocycles. The van der Waals surface area contributed by atoms with Crippen LogP contribution in [0.1, 0.15) is 81.8 Å². The summed E-state index contributed by atoms with van der Waals surface area (Å²) >= 11 is 1.09. The predicted octanol–water partition coefficient (Wildman–Crippen LogP) is 6.34. The first-order valence-electron chi connectivity index (χ1n) is 11.8. The molecule has 1 aliphatic carbocycles. The summed E-state index contributed by atoms with van der Waals surface area (Å²) in [6.45, 7) is 12.1. The van der Waals surface area contributed by atoms with E-state index >= 15 is 0 Å². The molecule has 6 nitrogen and oxygen atoms in total. The van der Waals surface area contributed by atoms with Crippen molar-refractivity contribution in [3.63, 3.8) is 0 Å². The lowest BCUT2D eigenvalue weighted by atomic mass is 9.82. The number of carboxylic acid groups (broad SMARTS) is 1. The third-order valence-electron chi connectivity index (χ3n) is 5.99.